The minimum absolute atomic E-state index is 0.0907. The second-order valence-electron chi connectivity index (χ2n) is 4.52. The van der Waals surface area contributed by atoms with E-state index in [-0.39, 0.29) is 17.4 Å². The molecule has 108 valence electrons. The van der Waals surface area contributed by atoms with E-state index in [1.54, 1.807) is 36.4 Å². The molecule has 0 aliphatic carbocycles. The molecule has 0 bridgehead atoms. The molecule has 0 saturated carbocycles. The first-order valence-electron chi connectivity index (χ1n) is 6.53. The molecule has 0 unspecified atom stereocenters. The fourth-order valence-corrected chi connectivity index (χ4v) is 2.37. The highest BCUT2D eigenvalue weighted by molar-refractivity contribution is 6.99. The van der Waals surface area contributed by atoms with Crippen LogP contribution in [0.4, 0.5) is 5.69 Å². The number of anilines is 1. The van der Waals surface area contributed by atoms with Gasteiger partial charge >= 0.3 is 0 Å². The molecule has 1 aromatic heterocycles. The maximum atomic E-state index is 12.4. The van der Waals surface area contributed by atoms with Crippen LogP contribution in [-0.4, -0.2) is 20.4 Å². The van der Waals surface area contributed by atoms with Gasteiger partial charge in [0.1, 0.15) is 0 Å². The number of amides is 1. The molecular weight excluding hydrogens is 298 g/mol. The molecule has 0 spiro atoms. The number of nitrogens with zero attached hydrogens (tertiary/aromatic N) is 2. The molecule has 0 atom stereocenters. The predicted octanol–water partition coefficient (Wildman–Crippen LogP) is 3.02. The van der Waals surface area contributed by atoms with Crippen LogP contribution in [0.2, 0.25) is 0 Å². The summed E-state index contributed by atoms with van der Waals surface area (Å²) in [5, 5.41) is 2.70. The van der Waals surface area contributed by atoms with Crippen molar-refractivity contribution >= 4 is 29.1 Å². The lowest BCUT2D eigenvalue weighted by molar-refractivity contribution is 0.101. The molecule has 0 radical (unpaired) electrons. The zero-order chi connectivity index (χ0) is 15.4. The summed E-state index contributed by atoms with van der Waals surface area (Å²) in [6.07, 6.45) is 1.40. The Kier molecular flexibility index (Phi) is 4.02. The molecule has 2 aromatic carbocycles. The van der Waals surface area contributed by atoms with Gasteiger partial charge in [0.2, 0.25) is 0 Å². The van der Waals surface area contributed by atoms with Crippen LogP contribution in [0.15, 0.2) is 60.8 Å². The van der Waals surface area contributed by atoms with Crippen LogP contribution in [0.25, 0.3) is 0 Å². The van der Waals surface area contributed by atoms with Gasteiger partial charge in [-0.2, -0.15) is 8.75 Å². The summed E-state index contributed by atoms with van der Waals surface area (Å²) in [4.78, 5) is 24.3. The number of hydrogen-bond donors (Lipinski definition) is 1. The van der Waals surface area contributed by atoms with Crippen molar-refractivity contribution in [1.82, 2.24) is 8.75 Å². The Morgan fingerprint density at radius 2 is 1.73 bits per heavy atom. The number of rotatable bonds is 4. The van der Waals surface area contributed by atoms with Crippen molar-refractivity contribution in [3.05, 3.63) is 77.6 Å². The lowest BCUT2D eigenvalue weighted by Gasteiger charge is -2.06. The molecule has 1 heterocycles. The summed E-state index contributed by atoms with van der Waals surface area (Å²) >= 11 is 0.969. The van der Waals surface area contributed by atoms with Gasteiger partial charge in [-0.15, -0.1) is 0 Å². The quantitative estimate of drug-likeness (QED) is 0.752. The third kappa shape index (κ3) is 3.07. The molecule has 0 aliphatic rings. The smallest absolute Gasteiger partial charge is 0.277 e. The van der Waals surface area contributed by atoms with E-state index in [0.29, 0.717) is 16.8 Å². The lowest BCUT2D eigenvalue weighted by atomic mass is 10.0. The summed E-state index contributed by atoms with van der Waals surface area (Å²) in [5.41, 5.74) is 1.92. The van der Waals surface area contributed by atoms with Crippen LogP contribution in [0, 0.1) is 0 Å². The molecule has 1 N–H and O–H groups in total. The van der Waals surface area contributed by atoms with E-state index >= 15 is 0 Å². The normalized spacial score (nSPS) is 10.2. The number of ketones is 1. The minimum atomic E-state index is -0.349. The highest BCUT2D eigenvalue weighted by Gasteiger charge is 2.12. The molecule has 0 saturated heterocycles. The van der Waals surface area contributed by atoms with Crippen LogP contribution in [0.3, 0.4) is 0 Å². The molecule has 22 heavy (non-hydrogen) atoms. The average Bonchev–Trinajstić information content (AvgIpc) is 3.10. The third-order valence-corrected chi connectivity index (χ3v) is 3.49. The van der Waals surface area contributed by atoms with Crippen LogP contribution in [-0.2, 0) is 0 Å². The summed E-state index contributed by atoms with van der Waals surface area (Å²) < 4.78 is 7.65. The van der Waals surface area contributed by atoms with Crippen LogP contribution in [0.1, 0.15) is 26.4 Å². The highest BCUT2D eigenvalue weighted by Crippen LogP contribution is 2.15. The molecule has 3 aromatic rings. The average molecular weight is 309 g/mol. The number of aromatic nitrogens is 2. The fraction of sp³-hybridized carbons (Fsp3) is 0. The zero-order valence-corrected chi connectivity index (χ0v) is 12.2. The molecule has 6 heteroatoms. The molecule has 0 fully saturated rings. The lowest BCUT2D eigenvalue weighted by Crippen LogP contribution is -2.12. The summed E-state index contributed by atoms with van der Waals surface area (Å²) in [5.74, 6) is -0.440. The molecule has 1 amide bonds. The topological polar surface area (TPSA) is 72.0 Å². The summed E-state index contributed by atoms with van der Waals surface area (Å²) in [7, 11) is 0. The molecule has 0 aliphatic heterocycles. The largest absolute Gasteiger partial charge is 0.321 e. The van der Waals surface area contributed by atoms with Gasteiger partial charge in [-0.25, -0.2) is 0 Å². The Morgan fingerprint density at radius 1 is 0.955 bits per heavy atom. The van der Waals surface area contributed by atoms with Crippen molar-refractivity contribution in [2.24, 2.45) is 0 Å². The van der Waals surface area contributed by atoms with Crippen molar-refractivity contribution in [3.8, 4) is 0 Å². The van der Waals surface area contributed by atoms with Gasteiger partial charge in [-0.05, 0) is 12.1 Å². The van der Waals surface area contributed by atoms with Gasteiger partial charge in [0.15, 0.2) is 11.5 Å². The van der Waals surface area contributed by atoms with E-state index in [9.17, 15) is 9.59 Å². The van der Waals surface area contributed by atoms with Gasteiger partial charge in [0, 0.05) is 16.8 Å². The second-order valence-corrected chi connectivity index (χ2v) is 5.08. The minimum Gasteiger partial charge on any atom is -0.321 e. The van der Waals surface area contributed by atoms with E-state index in [1.807, 2.05) is 18.2 Å². The molecule has 5 nitrogen and oxygen atoms in total. The standard InChI is InChI=1S/C16H11N3O2S/c20-15(11-5-2-1-3-6-11)12-7-4-8-13(9-12)18-16(21)14-10-17-22-19-14/h1-10H,(H,18,21). The monoisotopic (exact) mass is 309 g/mol. The van der Waals surface area contributed by atoms with E-state index < -0.39 is 0 Å². The predicted molar refractivity (Wildman–Crippen MR) is 84.2 cm³/mol. The van der Waals surface area contributed by atoms with Crippen molar-refractivity contribution < 1.29 is 9.59 Å². The number of nitrogens with one attached hydrogen (secondary N) is 1. The van der Waals surface area contributed by atoms with Crippen LogP contribution >= 0.6 is 11.7 Å². The summed E-state index contributed by atoms with van der Waals surface area (Å²) in [6, 6.07) is 15.8. The summed E-state index contributed by atoms with van der Waals surface area (Å²) in [6.45, 7) is 0. The van der Waals surface area contributed by atoms with E-state index in [1.165, 1.54) is 6.20 Å². The van der Waals surface area contributed by atoms with E-state index in [2.05, 4.69) is 14.1 Å². The Bertz CT molecular complexity index is 801. The Balaban J connectivity index is 1.81. The molecular formula is C16H11N3O2S. The van der Waals surface area contributed by atoms with Gasteiger partial charge in [0.25, 0.3) is 5.91 Å². The van der Waals surface area contributed by atoms with Crippen LogP contribution in [0.5, 0.6) is 0 Å². The van der Waals surface area contributed by atoms with Gasteiger partial charge in [-0.1, -0.05) is 42.5 Å². The fourth-order valence-electron chi connectivity index (χ4n) is 1.95. The number of benzene rings is 2. The number of carbonyl (C=O) groups excluding carboxylic acids is 2. The highest BCUT2D eigenvalue weighted by atomic mass is 32.1. The molecule has 3 rings (SSSR count). The maximum absolute atomic E-state index is 12.4. The first kappa shape index (κ1) is 14.1. The number of carbonyl (C=O) groups is 2. The Hall–Kier alpha value is -2.86. The Morgan fingerprint density at radius 3 is 2.45 bits per heavy atom. The van der Waals surface area contributed by atoms with Crippen molar-refractivity contribution in [2.45, 2.75) is 0 Å². The zero-order valence-electron chi connectivity index (χ0n) is 11.4. The van der Waals surface area contributed by atoms with E-state index in [0.717, 1.165) is 11.7 Å². The first-order valence-corrected chi connectivity index (χ1v) is 7.26. The first-order chi connectivity index (χ1) is 10.7. The van der Waals surface area contributed by atoms with Crippen molar-refractivity contribution in [1.29, 1.82) is 0 Å². The third-order valence-electron chi connectivity index (χ3n) is 3.01. The maximum Gasteiger partial charge on any atom is 0.277 e. The van der Waals surface area contributed by atoms with Crippen molar-refractivity contribution in [3.63, 3.8) is 0 Å². The Labute approximate surface area is 131 Å². The second kappa shape index (κ2) is 6.28. The van der Waals surface area contributed by atoms with E-state index in [4.69, 9.17) is 0 Å². The van der Waals surface area contributed by atoms with Gasteiger partial charge < -0.3 is 5.32 Å². The SMILES string of the molecule is O=C(c1ccccc1)c1cccc(NC(=O)c2cnsn2)c1. The number of hydrogen-bond acceptors (Lipinski definition) is 5. The van der Waals surface area contributed by atoms with Crippen LogP contribution < -0.4 is 5.32 Å². The van der Waals surface area contributed by atoms with Gasteiger partial charge in [0.05, 0.1) is 17.9 Å². The van der Waals surface area contributed by atoms with Crippen molar-refractivity contribution in [2.75, 3.05) is 5.32 Å². The van der Waals surface area contributed by atoms with Gasteiger partial charge in [-0.3, -0.25) is 9.59 Å².